The average Bonchev–Trinajstić information content (AvgIpc) is 2.94. The molecule has 2 heterocycles. The van der Waals surface area contributed by atoms with Crippen molar-refractivity contribution in [2.75, 3.05) is 24.5 Å². The monoisotopic (exact) mass is 305 g/mol. The van der Waals surface area contributed by atoms with Crippen LogP contribution in [0.25, 0.3) is 0 Å². The minimum atomic E-state index is -0.283. The fourth-order valence-corrected chi connectivity index (χ4v) is 2.14. The first-order chi connectivity index (χ1) is 10.2. The highest BCUT2D eigenvalue weighted by Gasteiger charge is 2.15. The SMILES string of the molecule is CNc1cc(C(=O)Nc2ccc3c(c2)OCO3)cc(Cl)n1. The third kappa shape index (κ3) is 2.85. The number of carbonyl (C=O) groups is 1. The number of anilines is 2. The predicted molar refractivity (Wildman–Crippen MR) is 79.3 cm³/mol. The van der Waals surface area contributed by atoms with Crippen LogP contribution in [-0.2, 0) is 0 Å². The molecule has 1 amide bonds. The van der Waals surface area contributed by atoms with Gasteiger partial charge in [0.1, 0.15) is 11.0 Å². The van der Waals surface area contributed by atoms with Crippen molar-refractivity contribution in [3.05, 3.63) is 41.0 Å². The number of carbonyl (C=O) groups excluding carboxylic acids is 1. The van der Waals surface area contributed by atoms with Gasteiger partial charge in [-0.3, -0.25) is 4.79 Å². The molecule has 2 aromatic rings. The summed E-state index contributed by atoms with van der Waals surface area (Å²) in [5.74, 6) is 1.52. The smallest absolute Gasteiger partial charge is 0.255 e. The van der Waals surface area contributed by atoms with E-state index >= 15 is 0 Å². The van der Waals surface area contributed by atoms with Gasteiger partial charge in [0.2, 0.25) is 6.79 Å². The van der Waals surface area contributed by atoms with Crippen LogP contribution >= 0.6 is 11.6 Å². The molecule has 1 aliphatic heterocycles. The molecule has 0 spiro atoms. The van der Waals surface area contributed by atoms with Gasteiger partial charge in [-0.05, 0) is 24.3 Å². The molecule has 2 N–H and O–H groups in total. The van der Waals surface area contributed by atoms with Crippen molar-refractivity contribution < 1.29 is 14.3 Å². The standard InChI is InChI=1S/C14H12ClN3O3/c1-16-13-5-8(4-12(15)18-13)14(19)17-9-2-3-10-11(6-9)21-7-20-10/h2-6H,7H2,1H3,(H,16,18)(H,17,19). The van der Waals surface area contributed by atoms with Gasteiger partial charge < -0.3 is 20.1 Å². The van der Waals surface area contributed by atoms with E-state index in [4.69, 9.17) is 21.1 Å². The lowest BCUT2D eigenvalue weighted by atomic mass is 10.2. The number of aromatic nitrogens is 1. The number of ether oxygens (including phenoxy) is 2. The predicted octanol–water partition coefficient (Wildman–Crippen LogP) is 2.76. The number of benzene rings is 1. The Labute approximate surface area is 126 Å². The van der Waals surface area contributed by atoms with Gasteiger partial charge in [-0.15, -0.1) is 0 Å². The molecule has 1 aromatic heterocycles. The van der Waals surface area contributed by atoms with Crippen molar-refractivity contribution in [2.24, 2.45) is 0 Å². The molecule has 0 radical (unpaired) electrons. The van der Waals surface area contributed by atoms with Crippen molar-refractivity contribution in [1.29, 1.82) is 0 Å². The van der Waals surface area contributed by atoms with E-state index in [9.17, 15) is 4.79 Å². The zero-order valence-corrected chi connectivity index (χ0v) is 11.9. The molecule has 0 saturated heterocycles. The summed E-state index contributed by atoms with van der Waals surface area (Å²) in [7, 11) is 1.71. The zero-order chi connectivity index (χ0) is 14.8. The van der Waals surface area contributed by atoms with Crippen LogP contribution in [0.1, 0.15) is 10.4 Å². The van der Waals surface area contributed by atoms with E-state index in [-0.39, 0.29) is 17.9 Å². The first-order valence-electron chi connectivity index (χ1n) is 6.22. The van der Waals surface area contributed by atoms with Crippen molar-refractivity contribution in [2.45, 2.75) is 0 Å². The molecule has 0 bridgehead atoms. The van der Waals surface area contributed by atoms with Gasteiger partial charge in [-0.25, -0.2) is 4.98 Å². The molecule has 0 aliphatic carbocycles. The summed E-state index contributed by atoms with van der Waals surface area (Å²) >= 11 is 5.88. The highest BCUT2D eigenvalue weighted by molar-refractivity contribution is 6.30. The van der Waals surface area contributed by atoms with E-state index in [0.29, 0.717) is 28.6 Å². The minimum Gasteiger partial charge on any atom is -0.454 e. The van der Waals surface area contributed by atoms with Crippen LogP contribution in [0.4, 0.5) is 11.5 Å². The van der Waals surface area contributed by atoms with Crippen molar-refractivity contribution in [3.63, 3.8) is 0 Å². The molecule has 0 saturated carbocycles. The van der Waals surface area contributed by atoms with Crippen LogP contribution in [0.3, 0.4) is 0 Å². The molecule has 3 rings (SSSR count). The highest BCUT2D eigenvalue weighted by atomic mass is 35.5. The molecule has 1 aromatic carbocycles. The number of halogens is 1. The van der Waals surface area contributed by atoms with Gasteiger partial charge >= 0.3 is 0 Å². The molecule has 21 heavy (non-hydrogen) atoms. The number of nitrogens with zero attached hydrogens (tertiary/aromatic N) is 1. The Balaban J connectivity index is 1.81. The molecule has 7 heteroatoms. The van der Waals surface area contributed by atoms with E-state index in [1.807, 2.05) is 0 Å². The Kier molecular flexibility index (Phi) is 3.53. The van der Waals surface area contributed by atoms with Crippen molar-refractivity contribution >= 4 is 29.0 Å². The van der Waals surface area contributed by atoms with Gasteiger partial charge in [-0.2, -0.15) is 0 Å². The maximum Gasteiger partial charge on any atom is 0.255 e. The molecule has 0 unspecified atom stereocenters. The maximum absolute atomic E-state index is 12.2. The Morgan fingerprint density at radius 3 is 2.86 bits per heavy atom. The lowest BCUT2D eigenvalue weighted by Crippen LogP contribution is -2.12. The van der Waals surface area contributed by atoms with Crippen LogP contribution in [0.15, 0.2) is 30.3 Å². The normalized spacial score (nSPS) is 12.1. The Hall–Kier alpha value is -2.47. The fourth-order valence-electron chi connectivity index (χ4n) is 1.93. The Morgan fingerprint density at radius 2 is 2.05 bits per heavy atom. The van der Waals surface area contributed by atoms with Crippen LogP contribution in [0, 0.1) is 0 Å². The first-order valence-corrected chi connectivity index (χ1v) is 6.60. The molecular formula is C14H12ClN3O3. The molecule has 108 valence electrons. The number of hydrogen-bond acceptors (Lipinski definition) is 5. The summed E-state index contributed by atoms with van der Waals surface area (Å²) in [6.45, 7) is 0.193. The third-order valence-corrected chi connectivity index (χ3v) is 3.14. The topological polar surface area (TPSA) is 72.5 Å². The van der Waals surface area contributed by atoms with Gasteiger partial charge in [0, 0.05) is 24.4 Å². The molecule has 0 atom stereocenters. The van der Waals surface area contributed by atoms with Crippen LogP contribution in [0.2, 0.25) is 5.15 Å². The molecule has 6 nitrogen and oxygen atoms in total. The fraction of sp³-hybridized carbons (Fsp3) is 0.143. The zero-order valence-electron chi connectivity index (χ0n) is 11.1. The van der Waals surface area contributed by atoms with Crippen LogP contribution in [0.5, 0.6) is 11.5 Å². The van der Waals surface area contributed by atoms with E-state index in [1.54, 1.807) is 31.3 Å². The average molecular weight is 306 g/mol. The van der Waals surface area contributed by atoms with Gasteiger partial charge in [0.25, 0.3) is 5.91 Å². The second-order valence-corrected chi connectivity index (χ2v) is 4.72. The lowest BCUT2D eigenvalue weighted by molar-refractivity contribution is 0.102. The van der Waals surface area contributed by atoms with Crippen LogP contribution < -0.4 is 20.1 Å². The quantitative estimate of drug-likeness (QED) is 0.853. The van der Waals surface area contributed by atoms with Gasteiger partial charge in [-0.1, -0.05) is 11.6 Å². The van der Waals surface area contributed by atoms with Gasteiger partial charge in [0.05, 0.1) is 0 Å². The van der Waals surface area contributed by atoms with Crippen LogP contribution in [-0.4, -0.2) is 24.7 Å². The minimum absolute atomic E-state index is 0.193. The van der Waals surface area contributed by atoms with Crippen molar-refractivity contribution in [1.82, 2.24) is 4.98 Å². The van der Waals surface area contributed by atoms with E-state index in [1.165, 1.54) is 6.07 Å². The highest BCUT2D eigenvalue weighted by Crippen LogP contribution is 2.34. The number of rotatable bonds is 3. The number of amides is 1. The molecule has 0 fully saturated rings. The summed E-state index contributed by atoms with van der Waals surface area (Å²) in [5, 5.41) is 5.87. The lowest BCUT2D eigenvalue weighted by Gasteiger charge is -2.08. The summed E-state index contributed by atoms with van der Waals surface area (Å²) in [6.07, 6.45) is 0. The van der Waals surface area contributed by atoms with Crippen molar-refractivity contribution in [3.8, 4) is 11.5 Å². The number of hydrogen-bond donors (Lipinski definition) is 2. The summed E-state index contributed by atoms with van der Waals surface area (Å²) in [6, 6.07) is 8.32. The molecular weight excluding hydrogens is 294 g/mol. The van der Waals surface area contributed by atoms with E-state index in [2.05, 4.69) is 15.6 Å². The Bertz CT molecular complexity index is 706. The summed E-state index contributed by atoms with van der Waals surface area (Å²) < 4.78 is 10.5. The summed E-state index contributed by atoms with van der Waals surface area (Å²) in [4.78, 5) is 16.3. The Morgan fingerprint density at radius 1 is 1.24 bits per heavy atom. The summed E-state index contributed by atoms with van der Waals surface area (Å²) in [5.41, 5.74) is 1.03. The van der Waals surface area contributed by atoms with E-state index < -0.39 is 0 Å². The largest absolute Gasteiger partial charge is 0.454 e. The third-order valence-electron chi connectivity index (χ3n) is 2.94. The van der Waals surface area contributed by atoms with Gasteiger partial charge in [0.15, 0.2) is 11.5 Å². The number of pyridine rings is 1. The first kappa shape index (κ1) is 13.5. The maximum atomic E-state index is 12.2. The second-order valence-electron chi connectivity index (χ2n) is 4.34. The van der Waals surface area contributed by atoms with E-state index in [0.717, 1.165) is 0 Å². The number of nitrogens with one attached hydrogen (secondary N) is 2. The number of fused-ring (bicyclic) bond motifs is 1. The second kappa shape index (κ2) is 5.49. The molecule has 1 aliphatic rings.